The molecule has 2 rings (SSSR count). The van der Waals surface area contributed by atoms with Crippen molar-refractivity contribution in [1.82, 2.24) is 15.3 Å². The van der Waals surface area contributed by atoms with Gasteiger partial charge in [0.05, 0.1) is 13.3 Å². The molecule has 114 valence electrons. The molecule has 0 radical (unpaired) electrons. The van der Waals surface area contributed by atoms with E-state index in [4.69, 9.17) is 4.74 Å². The van der Waals surface area contributed by atoms with Gasteiger partial charge in [0, 0.05) is 37.1 Å². The first kappa shape index (κ1) is 15.5. The Bertz CT molecular complexity index is 629. The molecule has 2 N–H and O–H groups in total. The summed E-state index contributed by atoms with van der Waals surface area (Å²) in [5, 5.41) is 5.84. The van der Waals surface area contributed by atoms with Gasteiger partial charge in [0.2, 0.25) is 5.91 Å². The number of amides is 1. The molecule has 1 amide bonds. The minimum Gasteiger partial charge on any atom is -0.496 e. The molecule has 0 saturated carbocycles. The third-order valence-corrected chi connectivity index (χ3v) is 2.85. The molecule has 1 heterocycles. The van der Waals surface area contributed by atoms with Crippen molar-refractivity contribution in [1.29, 1.82) is 0 Å². The highest BCUT2D eigenvalue weighted by Crippen LogP contribution is 2.18. The number of carbonyl (C=O) groups is 1. The zero-order valence-electron chi connectivity index (χ0n) is 12.3. The summed E-state index contributed by atoms with van der Waals surface area (Å²) in [5.74, 6) is 1.25. The molecule has 0 aliphatic carbocycles. The molecule has 22 heavy (non-hydrogen) atoms. The molecule has 0 aliphatic heterocycles. The third-order valence-electron chi connectivity index (χ3n) is 2.85. The van der Waals surface area contributed by atoms with E-state index >= 15 is 0 Å². The lowest BCUT2D eigenvalue weighted by atomic mass is 10.2. The number of para-hydroxylation sites is 1. The number of hydrogen-bond donors (Lipinski definition) is 2. The normalized spacial score (nSPS) is 10.4. The first-order chi connectivity index (χ1) is 10.8. The highest BCUT2D eigenvalue weighted by atomic mass is 16.5. The van der Waals surface area contributed by atoms with Crippen molar-refractivity contribution in [3.8, 4) is 5.75 Å². The van der Waals surface area contributed by atoms with Gasteiger partial charge in [-0.05, 0) is 12.1 Å². The van der Waals surface area contributed by atoms with E-state index in [0.717, 1.165) is 11.3 Å². The minimum atomic E-state index is -0.160. The summed E-state index contributed by atoms with van der Waals surface area (Å²) in [4.78, 5) is 19.8. The van der Waals surface area contributed by atoms with E-state index in [1.165, 1.54) is 6.08 Å². The number of methoxy groups -OCH3 is 1. The number of aromatic nitrogens is 2. The van der Waals surface area contributed by atoms with Crippen LogP contribution in [0.5, 0.6) is 5.75 Å². The Morgan fingerprint density at radius 1 is 1.27 bits per heavy atom. The Kier molecular flexibility index (Phi) is 5.92. The second-order valence-corrected chi connectivity index (χ2v) is 4.38. The fourth-order valence-corrected chi connectivity index (χ4v) is 1.80. The largest absolute Gasteiger partial charge is 0.496 e. The van der Waals surface area contributed by atoms with Gasteiger partial charge in [-0.25, -0.2) is 4.98 Å². The number of benzene rings is 1. The highest BCUT2D eigenvalue weighted by molar-refractivity contribution is 5.92. The van der Waals surface area contributed by atoms with Crippen molar-refractivity contribution in [2.45, 2.75) is 0 Å². The van der Waals surface area contributed by atoms with Crippen molar-refractivity contribution in [3.63, 3.8) is 0 Å². The van der Waals surface area contributed by atoms with E-state index in [2.05, 4.69) is 20.6 Å². The lowest BCUT2D eigenvalue weighted by Crippen LogP contribution is -2.27. The fraction of sp³-hybridized carbons (Fsp3) is 0.188. The molecule has 6 heteroatoms. The van der Waals surface area contributed by atoms with Gasteiger partial charge in [-0.1, -0.05) is 18.2 Å². The van der Waals surface area contributed by atoms with Crippen LogP contribution in [0.3, 0.4) is 0 Å². The molecule has 6 nitrogen and oxygen atoms in total. The van der Waals surface area contributed by atoms with Crippen LogP contribution >= 0.6 is 0 Å². The van der Waals surface area contributed by atoms with E-state index < -0.39 is 0 Å². The van der Waals surface area contributed by atoms with Crippen LogP contribution in [0, 0.1) is 0 Å². The Morgan fingerprint density at radius 3 is 2.91 bits per heavy atom. The smallest absolute Gasteiger partial charge is 0.244 e. The number of ether oxygens (including phenoxy) is 1. The van der Waals surface area contributed by atoms with Crippen molar-refractivity contribution >= 4 is 17.8 Å². The molecule has 1 aromatic carbocycles. The second kappa shape index (κ2) is 8.41. The van der Waals surface area contributed by atoms with Crippen LogP contribution in [-0.4, -0.2) is 36.1 Å². The average Bonchev–Trinajstić information content (AvgIpc) is 2.58. The summed E-state index contributed by atoms with van der Waals surface area (Å²) < 4.78 is 5.22. The Labute approximate surface area is 129 Å². The van der Waals surface area contributed by atoms with E-state index in [1.807, 2.05) is 24.3 Å². The monoisotopic (exact) mass is 298 g/mol. The van der Waals surface area contributed by atoms with E-state index in [-0.39, 0.29) is 5.91 Å². The number of anilines is 1. The molecule has 1 aromatic heterocycles. The van der Waals surface area contributed by atoms with Gasteiger partial charge < -0.3 is 15.4 Å². The van der Waals surface area contributed by atoms with E-state index in [9.17, 15) is 4.79 Å². The predicted molar refractivity (Wildman–Crippen MR) is 85.6 cm³/mol. The summed E-state index contributed by atoms with van der Waals surface area (Å²) >= 11 is 0. The SMILES string of the molecule is COc1ccccc1/C=C/C(=O)NCCNc1cnccn1. The molecule has 0 saturated heterocycles. The molecule has 0 unspecified atom stereocenters. The van der Waals surface area contributed by atoms with Crippen molar-refractivity contribution in [3.05, 3.63) is 54.5 Å². The highest BCUT2D eigenvalue weighted by Gasteiger charge is 1.99. The molecule has 0 aliphatic rings. The lowest BCUT2D eigenvalue weighted by molar-refractivity contribution is -0.116. The van der Waals surface area contributed by atoms with Gasteiger partial charge in [0.25, 0.3) is 0 Å². The summed E-state index contributed by atoms with van der Waals surface area (Å²) in [6, 6.07) is 7.51. The molecular weight excluding hydrogens is 280 g/mol. The number of hydrogen-bond acceptors (Lipinski definition) is 5. The van der Waals surface area contributed by atoms with Crippen molar-refractivity contribution < 1.29 is 9.53 Å². The quantitative estimate of drug-likeness (QED) is 0.601. The Morgan fingerprint density at radius 2 is 2.14 bits per heavy atom. The lowest BCUT2D eigenvalue weighted by Gasteiger charge is -2.05. The van der Waals surface area contributed by atoms with Gasteiger partial charge >= 0.3 is 0 Å². The number of nitrogens with one attached hydrogen (secondary N) is 2. The van der Waals surface area contributed by atoms with Gasteiger partial charge in [-0.3, -0.25) is 9.78 Å². The second-order valence-electron chi connectivity index (χ2n) is 4.38. The Balaban J connectivity index is 1.75. The topological polar surface area (TPSA) is 76.1 Å². The van der Waals surface area contributed by atoms with E-state index in [0.29, 0.717) is 18.9 Å². The molecule has 0 spiro atoms. The van der Waals surface area contributed by atoms with Gasteiger partial charge in [-0.2, -0.15) is 0 Å². The van der Waals surface area contributed by atoms with Crippen LogP contribution in [0.4, 0.5) is 5.82 Å². The van der Waals surface area contributed by atoms with Crippen LogP contribution in [0.25, 0.3) is 6.08 Å². The Hall–Kier alpha value is -2.89. The fourth-order valence-electron chi connectivity index (χ4n) is 1.80. The molecular formula is C16H18N4O2. The van der Waals surface area contributed by atoms with Gasteiger partial charge in [0.15, 0.2) is 0 Å². The van der Waals surface area contributed by atoms with Crippen LogP contribution in [-0.2, 0) is 4.79 Å². The number of nitrogens with zero attached hydrogens (tertiary/aromatic N) is 2. The van der Waals surface area contributed by atoms with Crippen molar-refractivity contribution in [2.75, 3.05) is 25.5 Å². The minimum absolute atomic E-state index is 0.160. The average molecular weight is 298 g/mol. The molecule has 0 fully saturated rings. The molecule has 0 atom stereocenters. The number of rotatable bonds is 7. The standard InChI is InChI=1S/C16H18N4O2/c1-22-14-5-3-2-4-13(14)6-7-16(21)20-11-10-19-15-12-17-8-9-18-15/h2-9,12H,10-11H2,1H3,(H,18,19)(H,20,21)/b7-6+. The van der Waals surface area contributed by atoms with Crippen LogP contribution in [0.2, 0.25) is 0 Å². The maximum atomic E-state index is 11.7. The van der Waals surface area contributed by atoms with Gasteiger partial charge in [0.1, 0.15) is 11.6 Å². The maximum Gasteiger partial charge on any atom is 0.244 e. The molecule has 2 aromatic rings. The predicted octanol–water partition coefficient (Wildman–Crippen LogP) is 1.73. The zero-order valence-corrected chi connectivity index (χ0v) is 12.3. The first-order valence-electron chi connectivity index (χ1n) is 6.88. The maximum absolute atomic E-state index is 11.7. The first-order valence-corrected chi connectivity index (χ1v) is 6.88. The van der Waals surface area contributed by atoms with E-state index in [1.54, 1.807) is 31.8 Å². The molecule has 0 bridgehead atoms. The number of carbonyl (C=O) groups excluding carboxylic acids is 1. The van der Waals surface area contributed by atoms with Gasteiger partial charge in [-0.15, -0.1) is 0 Å². The van der Waals surface area contributed by atoms with Crippen LogP contribution in [0.1, 0.15) is 5.56 Å². The van der Waals surface area contributed by atoms with Crippen molar-refractivity contribution in [2.24, 2.45) is 0 Å². The summed E-state index contributed by atoms with van der Waals surface area (Å²) in [5.41, 5.74) is 0.859. The summed E-state index contributed by atoms with van der Waals surface area (Å²) in [6.07, 6.45) is 8.06. The third kappa shape index (κ3) is 4.90. The summed E-state index contributed by atoms with van der Waals surface area (Å²) in [6.45, 7) is 1.07. The zero-order chi connectivity index (χ0) is 15.6. The van der Waals surface area contributed by atoms with Crippen LogP contribution in [0.15, 0.2) is 48.9 Å². The summed E-state index contributed by atoms with van der Waals surface area (Å²) in [7, 11) is 1.60. The van der Waals surface area contributed by atoms with Crippen LogP contribution < -0.4 is 15.4 Å².